The van der Waals surface area contributed by atoms with Crippen LogP contribution in [-0.2, 0) is 19.6 Å². The minimum atomic E-state index is -0.171. The van der Waals surface area contributed by atoms with Gasteiger partial charge in [0.2, 0.25) is 6.79 Å². The molecule has 0 saturated heterocycles. The average molecular weight is 527 g/mol. The Balaban J connectivity index is 1.38. The van der Waals surface area contributed by atoms with Crippen LogP contribution < -0.4 is 15.0 Å². The maximum absolute atomic E-state index is 13.3. The molecule has 1 atom stereocenters. The molecule has 0 amide bonds. The lowest BCUT2D eigenvalue weighted by atomic mass is 10.0. The van der Waals surface area contributed by atoms with E-state index < -0.39 is 0 Å². The molecule has 1 aliphatic heterocycles. The van der Waals surface area contributed by atoms with E-state index >= 15 is 0 Å². The number of furan rings is 1. The lowest BCUT2D eigenvalue weighted by molar-refractivity contribution is 0.160. The van der Waals surface area contributed by atoms with Gasteiger partial charge in [0.25, 0.3) is 5.56 Å². The zero-order chi connectivity index (χ0) is 26.9. The summed E-state index contributed by atoms with van der Waals surface area (Å²) in [6.45, 7) is 7.76. The fourth-order valence-electron chi connectivity index (χ4n) is 5.17. The largest absolute Gasteiger partial charge is 0.467 e. The maximum Gasteiger partial charge on any atom is 0.252 e. The van der Waals surface area contributed by atoms with Gasteiger partial charge in [-0.1, -0.05) is 25.1 Å². The van der Waals surface area contributed by atoms with Crippen LogP contribution in [0.25, 0.3) is 10.9 Å². The molecule has 39 heavy (non-hydrogen) atoms. The SMILES string of the molecule is CC[C@@H](c1nnnn1Cc1ccco1)N(Cc1ccc2c(c1)OCO2)Cc1cc2ccc(C)c(C)c2[nH]c1=O. The quantitative estimate of drug-likeness (QED) is 0.295. The van der Waals surface area contributed by atoms with Gasteiger partial charge < -0.3 is 18.9 Å². The zero-order valence-corrected chi connectivity index (χ0v) is 22.2. The van der Waals surface area contributed by atoms with Crippen molar-refractivity contribution in [2.45, 2.75) is 52.9 Å². The highest BCUT2D eigenvalue weighted by molar-refractivity contribution is 5.83. The fraction of sp³-hybridized carbons (Fsp3) is 0.310. The number of pyridine rings is 1. The Morgan fingerprint density at radius 3 is 2.77 bits per heavy atom. The Kier molecular flexibility index (Phi) is 6.62. The normalized spacial score (nSPS) is 13.4. The summed E-state index contributed by atoms with van der Waals surface area (Å²) in [5, 5.41) is 13.6. The Hall–Kier alpha value is -4.44. The third kappa shape index (κ3) is 4.90. The van der Waals surface area contributed by atoms with Crippen LogP contribution in [-0.4, -0.2) is 36.9 Å². The predicted octanol–water partition coefficient (Wildman–Crippen LogP) is 4.65. The number of rotatable bonds is 9. The van der Waals surface area contributed by atoms with Gasteiger partial charge in [0.15, 0.2) is 17.3 Å². The van der Waals surface area contributed by atoms with E-state index in [2.05, 4.69) is 44.5 Å². The number of hydrogen-bond donors (Lipinski definition) is 1. The minimum Gasteiger partial charge on any atom is -0.467 e. The summed E-state index contributed by atoms with van der Waals surface area (Å²) >= 11 is 0. The van der Waals surface area contributed by atoms with Gasteiger partial charge in [-0.25, -0.2) is 4.68 Å². The van der Waals surface area contributed by atoms with Crippen LogP contribution in [0, 0.1) is 13.8 Å². The van der Waals surface area contributed by atoms with E-state index in [1.165, 1.54) is 0 Å². The smallest absolute Gasteiger partial charge is 0.252 e. The highest BCUT2D eigenvalue weighted by atomic mass is 16.7. The molecular formula is C29H30N6O4. The molecule has 0 aliphatic carbocycles. The molecule has 0 bridgehead atoms. The first-order valence-electron chi connectivity index (χ1n) is 13.0. The number of H-pyrrole nitrogens is 1. The van der Waals surface area contributed by atoms with Gasteiger partial charge in [-0.2, -0.15) is 0 Å². The van der Waals surface area contributed by atoms with Crippen molar-refractivity contribution >= 4 is 10.9 Å². The first-order chi connectivity index (χ1) is 19.0. The van der Waals surface area contributed by atoms with Crippen LogP contribution in [0.5, 0.6) is 11.5 Å². The van der Waals surface area contributed by atoms with Gasteiger partial charge in [-0.3, -0.25) is 9.69 Å². The number of benzene rings is 2. The van der Waals surface area contributed by atoms with Gasteiger partial charge >= 0.3 is 0 Å². The molecule has 10 nitrogen and oxygen atoms in total. The summed E-state index contributed by atoms with van der Waals surface area (Å²) < 4.78 is 18.4. The van der Waals surface area contributed by atoms with Crippen LogP contribution in [0.4, 0.5) is 0 Å². The number of hydrogen-bond acceptors (Lipinski definition) is 8. The number of aromatic amines is 1. The van der Waals surface area contributed by atoms with Crippen molar-refractivity contribution in [3.63, 3.8) is 0 Å². The van der Waals surface area contributed by atoms with Gasteiger partial charge in [0, 0.05) is 18.7 Å². The van der Waals surface area contributed by atoms with Crippen LogP contribution >= 0.6 is 0 Å². The highest BCUT2D eigenvalue weighted by Crippen LogP contribution is 2.34. The number of nitrogens with one attached hydrogen (secondary N) is 1. The van der Waals surface area contributed by atoms with Crippen LogP contribution in [0.15, 0.2) is 64.0 Å². The van der Waals surface area contributed by atoms with Crippen molar-refractivity contribution < 1.29 is 13.9 Å². The minimum absolute atomic E-state index is 0.100. The van der Waals surface area contributed by atoms with Gasteiger partial charge in [0.05, 0.1) is 17.8 Å². The summed E-state index contributed by atoms with van der Waals surface area (Å²) in [5.74, 6) is 2.92. The van der Waals surface area contributed by atoms with Gasteiger partial charge in [0.1, 0.15) is 12.3 Å². The van der Waals surface area contributed by atoms with Crippen molar-refractivity contribution in [3.8, 4) is 11.5 Å². The van der Waals surface area contributed by atoms with Crippen molar-refractivity contribution in [2.75, 3.05) is 6.79 Å². The molecule has 4 heterocycles. The van der Waals surface area contributed by atoms with Crippen molar-refractivity contribution in [1.82, 2.24) is 30.1 Å². The first-order valence-corrected chi connectivity index (χ1v) is 13.0. The summed E-state index contributed by atoms with van der Waals surface area (Å²) in [6, 6.07) is 15.6. The number of nitrogens with zero attached hydrogens (tertiary/aromatic N) is 5. The maximum atomic E-state index is 13.3. The molecule has 0 unspecified atom stereocenters. The molecule has 200 valence electrons. The Morgan fingerprint density at radius 2 is 1.95 bits per heavy atom. The summed E-state index contributed by atoms with van der Waals surface area (Å²) in [5.41, 5.74) is 4.71. The van der Waals surface area contributed by atoms with E-state index in [0.717, 1.165) is 51.3 Å². The Morgan fingerprint density at radius 1 is 1.08 bits per heavy atom. The molecule has 0 fully saturated rings. The van der Waals surface area contributed by atoms with Crippen molar-refractivity contribution in [2.24, 2.45) is 0 Å². The Labute approximate surface area is 225 Å². The van der Waals surface area contributed by atoms with E-state index in [1.54, 1.807) is 10.9 Å². The summed E-state index contributed by atoms with van der Waals surface area (Å²) in [7, 11) is 0. The molecule has 0 radical (unpaired) electrons. The first kappa shape index (κ1) is 24.9. The van der Waals surface area contributed by atoms with Crippen molar-refractivity contribution in [1.29, 1.82) is 0 Å². The topological polar surface area (TPSA) is 111 Å². The van der Waals surface area contributed by atoms with E-state index in [0.29, 0.717) is 31.0 Å². The lowest BCUT2D eigenvalue weighted by Crippen LogP contribution is -2.32. The van der Waals surface area contributed by atoms with Gasteiger partial charge in [-0.05, 0) is 83.1 Å². The third-order valence-electron chi connectivity index (χ3n) is 7.39. The fourth-order valence-corrected chi connectivity index (χ4v) is 5.17. The van der Waals surface area contributed by atoms with Crippen LogP contribution in [0.1, 0.15) is 53.2 Å². The zero-order valence-electron chi connectivity index (χ0n) is 22.2. The van der Waals surface area contributed by atoms with Crippen LogP contribution in [0.2, 0.25) is 0 Å². The number of ether oxygens (including phenoxy) is 2. The number of fused-ring (bicyclic) bond motifs is 2. The molecule has 0 spiro atoms. The number of aromatic nitrogens is 5. The van der Waals surface area contributed by atoms with Crippen molar-refractivity contribution in [3.05, 3.63) is 99.0 Å². The van der Waals surface area contributed by atoms with E-state index in [9.17, 15) is 4.79 Å². The standard InChI is InChI=1S/C29H30N6O4/c1-4-24(28-31-32-33-35(28)16-23-6-5-11-37-23)34(14-20-8-10-25-26(12-20)39-17-38-25)15-22-13-21-9-7-18(2)19(3)27(21)30-29(22)36/h5-13,24H,4,14-17H2,1-3H3,(H,30,36)/t24-/m0/s1. The molecule has 5 aromatic rings. The Bertz CT molecular complexity index is 1670. The predicted molar refractivity (Wildman–Crippen MR) is 145 cm³/mol. The monoisotopic (exact) mass is 526 g/mol. The highest BCUT2D eigenvalue weighted by Gasteiger charge is 2.27. The second kappa shape index (κ2) is 10.4. The molecule has 1 N–H and O–H groups in total. The van der Waals surface area contributed by atoms with E-state index in [1.807, 2.05) is 50.2 Å². The average Bonchev–Trinajstić information content (AvgIpc) is 3.71. The van der Waals surface area contributed by atoms with E-state index in [-0.39, 0.29) is 18.4 Å². The lowest BCUT2D eigenvalue weighted by Gasteiger charge is -2.30. The number of aryl methyl sites for hydroxylation is 2. The number of tetrazole rings is 1. The molecule has 3 aromatic heterocycles. The molecule has 0 saturated carbocycles. The molecular weight excluding hydrogens is 496 g/mol. The second-order valence-corrected chi connectivity index (χ2v) is 9.89. The molecule has 6 rings (SSSR count). The molecule has 10 heteroatoms. The van der Waals surface area contributed by atoms with E-state index in [4.69, 9.17) is 13.9 Å². The third-order valence-corrected chi connectivity index (χ3v) is 7.39. The second-order valence-electron chi connectivity index (χ2n) is 9.89. The summed E-state index contributed by atoms with van der Waals surface area (Å²) in [6.07, 6.45) is 2.37. The van der Waals surface area contributed by atoms with Gasteiger partial charge in [-0.15, -0.1) is 5.10 Å². The molecule has 1 aliphatic rings. The van der Waals surface area contributed by atoms with Crippen LogP contribution in [0.3, 0.4) is 0 Å². The molecule has 2 aromatic carbocycles. The summed E-state index contributed by atoms with van der Waals surface area (Å²) in [4.78, 5) is 18.7.